The van der Waals surface area contributed by atoms with Crippen molar-refractivity contribution in [3.63, 3.8) is 0 Å². The molecule has 0 saturated heterocycles. The smallest absolute Gasteiger partial charge is 0.338 e. The van der Waals surface area contributed by atoms with Gasteiger partial charge in [0.2, 0.25) is 11.1 Å². The van der Waals surface area contributed by atoms with Crippen LogP contribution in [0.15, 0.2) is 71.0 Å². The molecule has 7 nitrogen and oxygen atoms in total. The predicted molar refractivity (Wildman–Crippen MR) is 120 cm³/mol. The molecular weight excluding hydrogens is 431 g/mol. The SMILES string of the molecule is COCCOC(=O)C1=C(C)Nc2nc(SCc3ccccc3)nn2[C@@H]1c1ccc(F)cc1. The predicted octanol–water partition coefficient (Wildman–Crippen LogP) is 4.19. The van der Waals surface area contributed by atoms with Crippen LogP contribution in [0.3, 0.4) is 0 Å². The third-order valence-corrected chi connectivity index (χ3v) is 5.88. The van der Waals surface area contributed by atoms with Crippen LogP contribution in [0.5, 0.6) is 0 Å². The van der Waals surface area contributed by atoms with E-state index in [9.17, 15) is 9.18 Å². The van der Waals surface area contributed by atoms with Crippen LogP contribution in [0.4, 0.5) is 10.3 Å². The fraction of sp³-hybridized carbons (Fsp3) is 0.261. The fourth-order valence-electron chi connectivity index (χ4n) is 3.43. The first kappa shape index (κ1) is 22.0. The monoisotopic (exact) mass is 454 g/mol. The number of allylic oxidation sites excluding steroid dienone is 1. The lowest BCUT2D eigenvalue weighted by molar-refractivity contribution is -0.140. The molecule has 0 spiro atoms. The number of carbonyl (C=O) groups is 1. The number of hydrogen-bond acceptors (Lipinski definition) is 7. The number of thioether (sulfide) groups is 1. The van der Waals surface area contributed by atoms with Crippen LogP contribution < -0.4 is 5.32 Å². The van der Waals surface area contributed by atoms with Gasteiger partial charge in [0.15, 0.2) is 0 Å². The molecule has 1 N–H and O–H groups in total. The molecule has 32 heavy (non-hydrogen) atoms. The molecule has 0 aliphatic carbocycles. The molecule has 9 heteroatoms. The van der Waals surface area contributed by atoms with Crippen molar-refractivity contribution in [2.75, 3.05) is 25.6 Å². The number of benzene rings is 2. The van der Waals surface area contributed by atoms with Crippen LogP contribution in [-0.2, 0) is 20.0 Å². The average molecular weight is 455 g/mol. The number of anilines is 1. The third-order valence-electron chi connectivity index (χ3n) is 4.97. The Labute approximate surface area is 189 Å². The van der Waals surface area contributed by atoms with E-state index in [-0.39, 0.29) is 12.4 Å². The summed E-state index contributed by atoms with van der Waals surface area (Å²) in [5.41, 5.74) is 2.87. The molecule has 0 amide bonds. The summed E-state index contributed by atoms with van der Waals surface area (Å²) < 4.78 is 25.6. The maximum atomic E-state index is 13.6. The molecule has 1 aliphatic rings. The zero-order valence-electron chi connectivity index (χ0n) is 17.7. The van der Waals surface area contributed by atoms with Gasteiger partial charge in [-0.2, -0.15) is 4.98 Å². The molecule has 0 unspecified atom stereocenters. The highest BCUT2D eigenvalue weighted by molar-refractivity contribution is 7.98. The molecular formula is C23H23FN4O3S. The molecule has 2 heterocycles. The van der Waals surface area contributed by atoms with Gasteiger partial charge in [0, 0.05) is 18.6 Å². The van der Waals surface area contributed by atoms with Gasteiger partial charge in [-0.25, -0.2) is 13.9 Å². The van der Waals surface area contributed by atoms with Crippen molar-refractivity contribution in [2.24, 2.45) is 0 Å². The highest BCUT2D eigenvalue weighted by atomic mass is 32.2. The summed E-state index contributed by atoms with van der Waals surface area (Å²) in [6, 6.07) is 15.5. The average Bonchev–Trinajstić information content (AvgIpc) is 3.20. The number of hydrogen-bond donors (Lipinski definition) is 1. The zero-order valence-corrected chi connectivity index (χ0v) is 18.6. The molecule has 1 aromatic heterocycles. The maximum Gasteiger partial charge on any atom is 0.338 e. The molecule has 4 rings (SSSR count). The van der Waals surface area contributed by atoms with Crippen molar-refractivity contribution >= 4 is 23.7 Å². The molecule has 1 atom stereocenters. The second-order valence-corrected chi connectivity index (χ2v) is 8.13. The van der Waals surface area contributed by atoms with Crippen LogP contribution >= 0.6 is 11.8 Å². The van der Waals surface area contributed by atoms with Gasteiger partial charge in [-0.15, -0.1) is 5.10 Å². The minimum absolute atomic E-state index is 0.130. The number of carbonyl (C=O) groups excluding carboxylic acids is 1. The Morgan fingerprint density at radius 1 is 1.16 bits per heavy atom. The van der Waals surface area contributed by atoms with E-state index in [1.165, 1.54) is 31.0 Å². The number of rotatable bonds is 8. The van der Waals surface area contributed by atoms with Crippen molar-refractivity contribution < 1.29 is 18.7 Å². The molecule has 0 radical (unpaired) electrons. The van der Waals surface area contributed by atoms with E-state index >= 15 is 0 Å². The van der Waals surface area contributed by atoms with Crippen molar-refractivity contribution in [3.05, 3.63) is 82.8 Å². The van der Waals surface area contributed by atoms with E-state index in [1.54, 1.807) is 23.7 Å². The van der Waals surface area contributed by atoms with Crippen molar-refractivity contribution in [1.82, 2.24) is 14.8 Å². The van der Waals surface area contributed by atoms with Gasteiger partial charge < -0.3 is 14.8 Å². The first-order valence-corrected chi connectivity index (χ1v) is 11.1. The Morgan fingerprint density at radius 3 is 2.62 bits per heavy atom. The van der Waals surface area contributed by atoms with E-state index in [4.69, 9.17) is 9.47 Å². The van der Waals surface area contributed by atoms with Crippen LogP contribution in [0.2, 0.25) is 0 Å². The van der Waals surface area contributed by atoms with Crippen LogP contribution in [0, 0.1) is 5.82 Å². The number of nitrogens with zero attached hydrogens (tertiary/aromatic N) is 3. The van der Waals surface area contributed by atoms with E-state index in [0.717, 1.165) is 5.56 Å². The number of halogens is 1. The van der Waals surface area contributed by atoms with Crippen LogP contribution in [0.25, 0.3) is 0 Å². The molecule has 0 bridgehead atoms. The van der Waals surface area contributed by atoms with E-state index < -0.39 is 12.0 Å². The van der Waals surface area contributed by atoms with Gasteiger partial charge in [-0.1, -0.05) is 54.2 Å². The van der Waals surface area contributed by atoms with Gasteiger partial charge in [-0.3, -0.25) is 0 Å². The Hall–Kier alpha value is -3.17. The van der Waals surface area contributed by atoms with Gasteiger partial charge >= 0.3 is 5.97 Å². The number of aromatic nitrogens is 3. The minimum Gasteiger partial charge on any atom is -0.460 e. The first-order chi connectivity index (χ1) is 15.6. The van der Waals surface area contributed by atoms with E-state index in [2.05, 4.69) is 15.4 Å². The molecule has 166 valence electrons. The van der Waals surface area contributed by atoms with Crippen LogP contribution in [-0.4, -0.2) is 41.1 Å². The second kappa shape index (κ2) is 9.97. The summed E-state index contributed by atoms with van der Waals surface area (Å²) >= 11 is 1.50. The van der Waals surface area contributed by atoms with Crippen molar-refractivity contribution in [1.29, 1.82) is 0 Å². The van der Waals surface area contributed by atoms with Crippen molar-refractivity contribution in [2.45, 2.75) is 23.9 Å². The lowest BCUT2D eigenvalue weighted by Crippen LogP contribution is -2.30. The fourth-order valence-corrected chi connectivity index (χ4v) is 4.21. The van der Waals surface area contributed by atoms with Gasteiger partial charge in [-0.05, 0) is 30.2 Å². The summed E-state index contributed by atoms with van der Waals surface area (Å²) in [7, 11) is 1.54. The third kappa shape index (κ3) is 4.84. The van der Waals surface area contributed by atoms with E-state index in [1.807, 2.05) is 30.3 Å². The van der Waals surface area contributed by atoms with Gasteiger partial charge in [0.1, 0.15) is 18.5 Å². The molecule has 0 saturated carbocycles. The molecule has 0 fully saturated rings. The quantitative estimate of drug-likeness (QED) is 0.311. The van der Waals surface area contributed by atoms with E-state index in [0.29, 0.717) is 40.3 Å². The summed E-state index contributed by atoms with van der Waals surface area (Å²) in [5, 5.41) is 8.39. The highest BCUT2D eigenvalue weighted by Gasteiger charge is 2.35. The molecule has 1 aliphatic heterocycles. The van der Waals surface area contributed by atoms with Crippen molar-refractivity contribution in [3.8, 4) is 0 Å². The molecule has 3 aromatic rings. The topological polar surface area (TPSA) is 78.3 Å². The van der Waals surface area contributed by atoms with Gasteiger partial charge in [0.25, 0.3) is 0 Å². The Kier molecular flexibility index (Phi) is 6.87. The highest BCUT2D eigenvalue weighted by Crippen LogP contribution is 2.37. The summed E-state index contributed by atoms with van der Waals surface area (Å²) in [5.74, 6) is 0.386. The Bertz CT molecular complexity index is 1120. The van der Waals surface area contributed by atoms with Gasteiger partial charge in [0.05, 0.1) is 12.2 Å². The number of ether oxygens (including phenoxy) is 2. The lowest BCUT2D eigenvalue weighted by Gasteiger charge is -2.28. The number of methoxy groups -OCH3 is 1. The second-order valence-electron chi connectivity index (χ2n) is 7.18. The zero-order chi connectivity index (χ0) is 22.5. The maximum absolute atomic E-state index is 13.6. The largest absolute Gasteiger partial charge is 0.460 e. The summed E-state index contributed by atoms with van der Waals surface area (Å²) in [4.78, 5) is 17.5. The normalized spacial score (nSPS) is 15.3. The minimum atomic E-state index is -0.597. The summed E-state index contributed by atoms with van der Waals surface area (Å²) in [6.45, 7) is 2.21. The number of nitrogens with one attached hydrogen (secondary N) is 1. The first-order valence-electron chi connectivity index (χ1n) is 10.1. The Balaban J connectivity index is 1.66. The number of fused-ring (bicyclic) bond motifs is 1. The lowest BCUT2D eigenvalue weighted by atomic mass is 9.96. The van der Waals surface area contributed by atoms with Crippen LogP contribution in [0.1, 0.15) is 24.1 Å². The number of esters is 1. The Morgan fingerprint density at radius 2 is 1.91 bits per heavy atom. The molecule has 2 aromatic carbocycles. The summed E-state index contributed by atoms with van der Waals surface area (Å²) in [6.07, 6.45) is 0. The standard InChI is InChI=1S/C23H23FN4O3S/c1-15-19(21(29)31-13-12-30-2)20(17-8-10-18(24)11-9-17)28-22(25-15)26-23(27-28)32-14-16-6-4-3-5-7-16/h3-11,20H,12-14H2,1-2H3,(H,25,26,27)/t20-/m1/s1.